The van der Waals surface area contributed by atoms with Crippen molar-refractivity contribution in [2.24, 2.45) is 12.0 Å². The van der Waals surface area contributed by atoms with E-state index in [0.29, 0.717) is 36.0 Å². The summed E-state index contributed by atoms with van der Waals surface area (Å²) < 4.78 is 7.24. The summed E-state index contributed by atoms with van der Waals surface area (Å²) in [4.78, 5) is 18.8. The third-order valence-corrected chi connectivity index (χ3v) is 4.90. The average molecular weight is 428 g/mol. The van der Waals surface area contributed by atoms with Gasteiger partial charge in [-0.1, -0.05) is 23.7 Å². The molecule has 0 aliphatic carbocycles. The van der Waals surface area contributed by atoms with Crippen LogP contribution in [0.1, 0.15) is 27.4 Å². The van der Waals surface area contributed by atoms with Crippen LogP contribution in [-0.2, 0) is 26.7 Å². The molecule has 2 aromatic heterocycles. The molecule has 3 rings (SSSR count). The predicted octanol–water partition coefficient (Wildman–Crippen LogP) is 3.41. The van der Waals surface area contributed by atoms with E-state index >= 15 is 0 Å². The Kier molecular flexibility index (Phi) is 7.19. The lowest BCUT2D eigenvalue weighted by Gasteiger charge is -2.22. The first-order valence-corrected chi connectivity index (χ1v) is 9.96. The molecule has 0 aliphatic rings. The maximum Gasteiger partial charge on any atom is 0.251 e. The lowest BCUT2D eigenvalue weighted by atomic mass is 10.1. The number of furan rings is 1. The molecule has 0 saturated heterocycles. The van der Waals surface area contributed by atoms with E-state index in [1.54, 1.807) is 25.4 Å². The number of carbonyl (C=O) groups is 1. The van der Waals surface area contributed by atoms with Gasteiger partial charge in [-0.05, 0) is 35.9 Å². The highest BCUT2D eigenvalue weighted by atomic mass is 35.5. The van der Waals surface area contributed by atoms with E-state index in [1.807, 2.05) is 60.1 Å². The monoisotopic (exact) mass is 427 g/mol. The smallest absolute Gasteiger partial charge is 0.251 e. The van der Waals surface area contributed by atoms with Gasteiger partial charge in [0.15, 0.2) is 5.96 Å². The number of aliphatic imine (C=N–C) groups is 1. The Labute approximate surface area is 181 Å². The molecule has 0 unspecified atom stereocenters. The second kappa shape index (κ2) is 10.0. The van der Waals surface area contributed by atoms with Gasteiger partial charge in [-0.25, -0.2) is 0 Å². The van der Waals surface area contributed by atoms with E-state index in [2.05, 4.69) is 15.6 Å². The summed E-state index contributed by atoms with van der Waals surface area (Å²) in [5, 5.41) is 6.91. The van der Waals surface area contributed by atoms with Crippen LogP contribution in [0.4, 0.5) is 0 Å². The number of carbonyl (C=O) groups excluding carboxylic acids is 1. The molecule has 0 saturated carbocycles. The Balaban J connectivity index is 1.56. The number of hydrogen-bond donors (Lipinski definition) is 2. The zero-order valence-corrected chi connectivity index (χ0v) is 18.1. The van der Waals surface area contributed by atoms with Crippen LogP contribution in [0.5, 0.6) is 0 Å². The maximum absolute atomic E-state index is 12.4. The minimum absolute atomic E-state index is 0.143. The predicted molar refractivity (Wildman–Crippen MR) is 118 cm³/mol. The number of aryl methyl sites for hydroxylation is 1. The highest BCUT2D eigenvalue weighted by molar-refractivity contribution is 6.30. The van der Waals surface area contributed by atoms with Crippen molar-refractivity contribution < 1.29 is 9.21 Å². The lowest BCUT2D eigenvalue weighted by molar-refractivity contribution is 0.0948. The van der Waals surface area contributed by atoms with Gasteiger partial charge in [0.1, 0.15) is 5.76 Å². The number of nitrogens with one attached hydrogen (secondary N) is 2. The van der Waals surface area contributed by atoms with Crippen LogP contribution in [0, 0.1) is 0 Å². The number of benzene rings is 1. The van der Waals surface area contributed by atoms with Crippen LogP contribution in [0.2, 0.25) is 5.02 Å². The molecule has 2 N–H and O–H groups in total. The van der Waals surface area contributed by atoms with Crippen LogP contribution < -0.4 is 10.6 Å². The van der Waals surface area contributed by atoms with Crippen LogP contribution in [0.15, 0.2) is 64.3 Å². The van der Waals surface area contributed by atoms with Crippen molar-refractivity contribution in [1.29, 1.82) is 0 Å². The molecule has 1 amide bonds. The van der Waals surface area contributed by atoms with E-state index in [9.17, 15) is 4.79 Å². The van der Waals surface area contributed by atoms with Crippen LogP contribution in [-0.4, -0.2) is 35.4 Å². The summed E-state index contributed by atoms with van der Waals surface area (Å²) in [6, 6.07) is 13.1. The van der Waals surface area contributed by atoms with Crippen molar-refractivity contribution in [3.05, 3.63) is 82.5 Å². The first-order valence-electron chi connectivity index (χ1n) is 9.58. The molecule has 1 aromatic carbocycles. The van der Waals surface area contributed by atoms with Gasteiger partial charge in [-0.3, -0.25) is 9.79 Å². The minimum atomic E-state index is -0.143. The summed E-state index contributed by atoms with van der Waals surface area (Å²) in [7, 11) is 5.68. The number of halogens is 1. The molecule has 158 valence electrons. The fourth-order valence-corrected chi connectivity index (χ4v) is 3.38. The molecule has 0 fully saturated rings. The third kappa shape index (κ3) is 5.67. The number of hydrogen-bond acceptors (Lipinski definition) is 3. The Morgan fingerprint density at radius 1 is 1.20 bits per heavy atom. The Bertz CT molecular complexity index is 1010. The topological polar surface area (TPSA) is 74.8 Å². The molecular weight excluding hydrogens is 402 g/mol. The molecule has 3 aromatic rings. The summed E-state index contributed by atoms with van der Waals surface area (Å²) in [6.45, 7) is 1.57. The molecule has 2 heterocycles. The fraction of sp³-hybridized carbons (Fsp3) is 0.273. The van der Waals surface area contributed by atoms with Crippen LogP contribution >= 0.6 is 11.6 Å². The molecule has 0 bridgehead atoms. The molecule has 8 heteroatoms. The molecule has 30 heavy (non-hydrogen) atoms. The Morgan fingerprint density at radius 2 is 2.03 bits per heavy atom. The van der Waals surface area contributed by atoms with E-state index in [0.717, 1.165) is 17.2 Å². The maximum atomic E-state index is 12.4. The second-order valence-corrected chi connectivity index (χ2v) is 7.42. The summed E-state index contributed by atoms with van der Waals surface area (Å²) >= 11 is 6.07. The van der Waals surface area contributed by atoms with Gasteiger partial charge < -0.3 is 24.5 Å². The first-order chi connectivity index (χ1) is 14.5. The Hall–Kier alpha value is -3.19. The fourth-order valence-electron chi connectivity index (χ4n) is 3.11. The molecule has 0 spiro atoms. The van der Waals surface area contributed by atoms with Gasteiger partial charge in [-0.15, -0.1) is 0 Å². The van der Waals surface area contributed by atoms with Crippen LogP contribution in [0.3, 0.4) is 0 Å². The number of rotatable bonds is 7. The zero-order valence-electron chi connectivity index (χ0n) is 17.4. The molecular formula is C22H26ClN5O2. The van der Waals surface area contributed by atoms with E-state index in [4.69, 9.17) is 16.0 Å². The average Bonchev–Trinajstić information content (AvgIpc) is 3.36. The van der Waals surface area contributed by atoms with Crippen molar-refractivity contribution in [1.82, 2.24) is 20.1 Å². The third-order valence-electron chi connectivity index (χ3n) is 4.69. The highest BCUT2D eigenvalue weighted by Crippen LogP contribution is 2.14. The van der Waals surface area contributed by atoms with Gasteiger partial charge in [0.05, 0.1) is 24.4 Å². The summed E-state index contributed by atoms with van der Waals surface area (Å²) in [5.74, 6) is 1.32. The summed E-state index contributed by atoms with van der Waals surface area (Å²) in [6.07, 6.45) is 3.47. The molecule has 0 radical (unpaired) electrons. The number of aromatic nitrogens is 1. The summed E-state index contributed by atoms with van der Waals surface area (Å²) in [5.41, 5.74) is 2.67. The SMILES string of the molecule is CN=C(NCc1cccc(C(=O)NCc2ccco2)c1)N(C)Cc1cc(Cl)cn1C. The van der Waals surface area contributed by atoms with Gasteiger partial charge in [0.25, 0.3) is 5.91 Å². The van der Waals surface area contributed by atoms with Crippen LogP contribution in [0.25, 0.3) is 0 Å². The van der Waals surface area contributed by atoms with Crippen molar-refractivity contribution in [3.63, 3.8) is 0 Å². The van der Waals surface area contributed by atoms with Crippen molar-refractivity contribution in [2.45, 2.75) is 19.6 Å². The van der Waals surface area contributed by atoms with Crippen molar-refractivity contribution in [3.8, 4) is 0 Å². The van der Waals surface area contributed by atoms with Gasteiger partial charge >= 0.3 is 0 Å². The number of amides is 1. The van der Waals surface area contributed by atoms with E-state index < -0.39 is 0 Å². The highest BCUT2D eigenvalue weighted by Gasteiger charge is 2.11. The first kappa shape index (κ1) is 21.5. The quantitative estimate of drug-likeness (QED) is 0.447. The zero-order chi connectivity index (χ0) is 21.5. The van der Waals surface area contributed by atoms with Crippen molar-refractivity contribution in [2.75, 3.05) is 14.1 Å². The van der Waals surface area contributed by atoms with E-state index in [-0.39, 0.29) is 5.91 Å². The normalized spacial score (nSPS) is 11.4. The second-order valence-electron chi connectivity index (χ2n) is 6.98. The molecule has 0 atom stereocenters. The molecule has 7 nitrogen and oxygen atoms in total. The van der Waals surface area contributed by atoms with Crippen molar-refractivity contribution >= 4 is 23.5 Å². The lowest BCUT2D eigenvalue weighted by Crippen LogP contribution is -2.38. The number of guanidine groups is 1. The van der Waals surface area contributed by atoms with Gasteiger partial charge in [0, 0.05) is 45.1 Å². The van der Waals surface area contributed by atoms with Gasteiger partial charge in [-0.2, -0.15) is 0 Å². The number of nitrogens with zero attached hydrogens (tertiary/aromatic N) is 3. The Morgan fingerprint density at radius 3 is 2.70 bits per heavy atom. The largest absolute Gasteiger partial charge is 0.467 e. The molecule has 0 aliphatic heterocycles. The standard InChI is InChI=1S/C22H26ClN5O2/c1-24-22(28(3)15-19-11-18(23)14-27(19)2)26-12-16-6-4-7-17(10-16)21(29)25-13-20-8-5-9-30-20/h4-11,14H,12-13,15H2,1-3H3,(H,24,26)(H,25,29). The minimum Gasteiger partial charge on any atom is -0.467 e. The van der Waals surface area contributed by atoms with Gasteiger partial charge in [0.2, 0.25) is 0 Å². The van der Waals surface area contributed by atoms with E-state index in [1.165, 1.54) is 0 Å².